The fourth-order valence-corrected chi connectivity index (χ4v) is 4.49. The van der Waals surface area contributed by atoms with Crippen molar-refractivity contribution in [3.63, 3.8) is 0 Å². The number of pyridine rings is 1. The van der Waals surface area contributed by atoms with E-state index in [9.17, 15) is 32.3 Å². The minimum Gasteiger partial charge on any atom is -0.444 e. The van der Waals surface area contributed by atoms with Crippen LogP contribution in [0, 0.1) is 5.92 Å². The minimum absolute atomic E-state index is 0.0237. The first kappa shape index (κ1) is 31.2. The van der Waals surface area contributed by atoms with E-state index in [0.717, 1.165) is 24.8 Å². The zero-order valence-electron chi connectivity index (χ0n) is 23.6. The number of hydrogen-bond donors (Lipinski definition) is 2. The van der Waals surface area contributed by atoms with Crippen molar-refractivity contribution >= 4 is 35.7 Å². The Morgan fingerprint density at radius 1 is 1.21 bits per heavy atom. The van der Waals surface area contributed by atoms with Gasteiger partial charge in [-0.3, -0.25) is 19.2 Å². The summed E-state index contributed by atoms with van der Waals surface area (Å²) in [5, 5.41) is 6.77. The number of alkyl halides is 3. The zero-order chi connectivity index (χ0) is 31.5. The average molecular weight is 606 g/mol. The molecule has 4 rings (SSSR count). The number of primary amides is 1. The molecule has 0 aromatic carbocycles. The second kappa shape index (κ2) is 12.2. The summed E-state index contributed by atoms with van der Waals surface area (Å²) >= 11 is 0. The molecule has 0 atom stereocenters. The van der Waals surface area contributed by atoms with Gasteiger partial charge in [0.05, 0.1) is 11.7 Å². The first-order valence-corrected chi connectivity index (χ1v) is 13.3. The molecule has 0 bridgehead atoms. The maximum atomic E-state index is 13.3. The van der Waals surface area contributed by atoms with Gasteiger partial charge in [0.2, 0.25) is 5.89 Å². The number of halogens is 3. The fourth-order valence-electron chi connectivity index (χ4n) is 4.49. The van der Waals surface area contributed by atoms with Gasteiger partial charge in [-0.25, -0.2) is 14.8 Å². The van der Waals surface area contributed by atoms with Crippen LogP contribution in [0.25, 0.3) is 11.5 Å². The standard InChI is InChI=1S/C27H30F3N7O6/c1-26(2,3)43-25(41)36(14-27(28,29)30)20-10-16(8-9-32-20)24-34-19(13-42-24)23(40)33-18-11-37(35-21(18)22(31)39)17-6-4-15(12-38)5-7-17/h8-13,15,17H,4-7,14H2,1-3H3,(H2,31,39)(H,33,40). The lowest BCUT2D eigenvalue weighted by atomic mass is 9.87. The highest BCUT2D eigenvalue weighted by Gasteiger charge is 2.37. The van der Waals surface area contributed by atoms with Gasteiger partial charge in [0.1, 0.15) is 30.5 Å². The van der Waals surface area contributed by atoms with E-state index in [4.69, 9.17) is 14.9 Å². The van der Waals surface area contributed by atoms with Crippen LogP contribution in [-0.4, -0.2) is 62.3 Å². The monoisotopic (exact) mass is 605 g/mol. The molecular weight excluding hydrogens is 575 g/mol. The maximum Gasteiger partial charge on any atom is 0.416 e. The molecule has 13 nitrogen and oxygen atoms in total. The largest absolute Gasteiger partial charge is 0.444 e. The first-order valence-electron chi connectivity index (χ1n) is 13.3. The Hall–Kier alpha value is -4.76. The molecule has 0 unspecified atom stereocenters. The second-order valence-electron chi connectivity index (χ2n) is 11.0. The van der Waals surface area contributed by atoms with Crippen LogP contribution in [0.4, 0.5) is 29.5 Å². The molecule has 1 fully saturated rings. The Bertz CT molecular complexity index is 1500. The van der Waals surface area contributed by atoms with E-state index >= 15 is 0 Å². The van der Waals surface area contributed by atoms with Gasteiger partial charge >= 0.3 is 12.3 Å². The molecule has 230 valence electrons. The number of nitrogens with two attached hydrogens (primary N) is 1. The molecule has 3 aromatic rings. The second-order valence-corrected chi connectivity index (χ2v) is 11.0. The zero-order valence-corrected chi connectivity index (χ0v) is 23.6. The van der Waals surface area contributed by atoms with Crippen molar-refractivity contribution in [3.8, 4) is 11.5 Å². The van der Waals surface area contributed by atoms with E-state index in [1.165, 1.54) is 33.0 Å². The quantitative estimate of drug-likeness (QED) is 0.350. The van der Waals surface area contributed by atoms with E-state index in [0.29, 0.717) is 30.6 Å². The van der Waals surface area contributed by atoms with E-state index < -0.39 is 36.2 Å². The molecule has 0 spiro atoms. The summed E-state index contributed by atoms with van der Waals surface area (Å²) in [6.45, 7) is 2.87. The first-order chi connectivity index (χ1) is 20.1. The summed E-state index contributed by atoms with van der Waals surface area (Å²) in [4.78, 5) is 57.0. The van der Waals surface area contributed by atoms with Crippen molar-refractivity contribution in [3.05, 3.63) is 42.2 Å². The summed E-state index contributed by atoms with van der Waals surface area (Å²) in [5.41, 5.74) is 4.18. The molecule has 1 aliphatic rings. The third-order valence-electron chi connectivity index (χ3n) is 6.48. The van der Waals surface area contributed by atoms with Crippen molar-refractivity contribution in [1.82, 2.24) is 19.7 Å². The van der Waals surface area contributed by atoms with Gasteiger partial charge in [-0.05, 0) is 58.6 Å². The molecule has 1 saturated carbocycles. The SMILES string of the molecule is CC(C)(C)OC(=O)N(CC(F)(F)F)c1cc(-c2nc(C(=O)Nc3cn(C4CCC(C=O)CC4)nc3C(N)=O)co2)ccn1. The molecular formula is C27H30F3N7O6. The average Bonchev–Trinajstić information content (AvgIpc) is 3.59. The number of nitrogens with zero attached hydrogens (tertiary/aromatic N) is 5. The third kappa shape index (κ3) is 7.96. The predicted octanol–water partition coefficient (Wildman–Crippen LogP) is 4.52. The summed E-state index contributed by atoms with van der Waals surface area (Å²) in [6.07, 6.45) is 1.22. The smallest absolute Gasteiger partial charge is 0.416 e. The summed E-state index contributed by atoms with van der Waals surface area (Å²) in [6, 6.07) is 2.42. The number of aldehydes is 1. The lowest BCUT2D eigenvalue weighted by molar-refractivity contribution is -0.119. The minimum atomic E-state index is -4.75. The van der Waals surface area contributed by atoms with Crippen molar-refractivity contribution in [2.75, 3.05) is 16.8 Å². The van der Waals surface area contributed by atoms with Gasteiger partial charge in [0, 0.05) is 23.9 Å². The Kier molecular flexibility index (Phi) is 8.87. The number of amides is 3. The number of carbonyl (C=O) groups is 4. The Morgan fingerprint density at radius 2 is 1.91 bits per heavy atom. The Labute approximate surface area is 243 Å². The topological polar surface area (TPSA) is 176 Å². The number of nitrogens with one attached hydrogen (secondary N) is 1. The highest BCUT2D eigenvalue weighted by atomic mass is 19.4. The van der Waals surface area contributed by atoms with Gasteiger partial charge in [0.15, 0.2) is 11.4 Å². The third-order valence-corrected chi connectivity index (χ3v) is 6.48. The van der Waals surface area contributed by atoms with E-state index in [1.807, 2.05) is 0 Å². The van der Waals surface area contributed by atoms with Crippen LogP contribution in [0.3, 0.4) is 0 Å². The van der Waals surface area contributed by atoms with Crippen LogP contribution >= 0.6 is 0 Å². The molecule has 0 saturated heterocycles. The van der Waals surface area contributed by atoms with E-state index in [1.54, 1.807) is 4.68 Å². The number of carbonyl (C=O) groups excluding carboxylic acids is 4. The molecule has 3 heterocycles. The van der Waals surface area contributed by atoms with Gasteiger partial charge in [-0.15, -0.1) is 0 Å². The molecule has 3 amide bonds. The maximum absolute atomic E-state index is 13.3. The van der Waals surface area contributed by atoms with Crippen LogP contribution in [-0.2, 0) is 9.53 Å². The predicted molar refractivity (Wildman–Crippen MR) is 145 cm³/mol. The molecule has 16 heteroatoms. The van der Waals surface area contributed by atoms with Gasteiger partial charge in [-0.2, -0.15) is 18.3 Å². The lowest BCUT2D eigenvalue weighted by Crippen LogP contribution is -2.42. The van der Waals surface area contributed by atoms with E-state index in [2.05, 4.69) is 20.4 Å². The van der Waals surface area contributed by atoms with E-state index in [-0.39, 0.29) is 46.3 Å². The van der Waals surface area contributed by atoms with Crippen LogP contribution in [0.1, 0.15) is 73.5 Å². The number of hydrogen-bond acceptors (Lipinski definition) is 9. The molecule has 1 aliphatic carbocycles. The van der Waals surface area contributed by atoms with Gasteiger partial charge in [-0.1, -0.05) is 0 Å². The number of anilines is 2. The summed E-state index contributed by atoms with van der Waals surface area (Å²) in [5.74, 6) is -2.20. The molecule has 43 heavy (non-hydrogen) atoms. The van der Waals surface area contributed by atoms with Crippen LogP contribution in [0.5, 0.6) is 0 Å². The van der Waals surface area contributed by atoms with Crippen molar-refractivity contribution in [1.29, 1.82) is 0 Å². The highest BCUT2D eigenvalue weighted by molar-refractivity contribution is 6.07. The number of ether oxygens (including phenoxy) is 1. The lowest BCUT2D eigenvalue weighted by Gasteiger charge is -2.27. The summed E-state index contributed by atoms with van der Waals surface area (Å²) in [7, 11) is 0. The number of oxazole rings is 1. The van der Waals surface area contributed by atoms with Crippen LogP contribution < -0.4 is 16.0 Å². The molecule has 0 radical (unpaired) electrons. The van der Waals surface area contributed by atoms with Crippen molar-refractivity contribution < 1.29 is 41.5 Å². The van der Waals surface area contributed by atoms with Crippen LogP contribution in [0.15, 0.2) is 35.2 Å². The molecule has 0 aliphatic heterocycles. The van der Waals surface area contributed by atoms with Crippen molar-refractivity contribution in [2.24, 2.45) is 11.7 Å². The van der Waals surface area contributed by atoms with Gasteiger partial charge < -0.3 is 25.0 Å². The number of aromatic nitrogens is 4. The van der Waals surface area contributed by atoms with Gasteiger partial charge in [0.25, 0.3) is 11.8 Å². The Balaban J connectivity index is 1.54. The normalized spacial score (nSPS) is 17.3. The Morgan fingerprint density at radius 3 is 2.51 bits per heavy atom. The van der Waals surface area contributed by atoms with Crippen molar-refractivity contribution in [2.45, 2.75) is 64.3 Å². The number of rotatable bonds is 8. The molecule has 3 aromatic heterocycles. The summed E-state index contributed by atoms with van der Waals surface area (Å²) < 4.78 is 51.9. The molecule has 3 N–H and O–H groups in total. The van der Waals surface area contributed by atoms with Crippen LogP contribution in [0.2, 0.25) is 0 Å². The fraction of sp³-hybridized carbons (Fsp3) is 0.444. The highest BCUT2D eigenvalue weighted by Crippen LogP contribution is 2.32.